The quantitative estimate of drug-likeness (QED) is 0.509. The number of hydrogen-bond acceptors (Lipinski definition) is 6. The molecular weight excluding hydrogens is 594 g/mol. The molecular formula is C29H30Cl2F3N5O3. The summed E-state index contributed by atoms with van der Waals surface area (Å²) in [5, 5.41) is 3.13. The summed E-state index contributed by atoms with van der Waals surface area (Å²) in [4.78, 5) is 43.5. The van der Waals surface area contributed by atoms with Crippen LogP contribution in [0.2, 0.25) is 10.0 Å². The topological polar surface area (TPSA) is 76.2 Å². The molecule has 2 aromatic carbocycles. The highest BCUT2D eigenvalue weighted by atomic mass is 35.5. The lowest BCUT2D eigenvalue weighted by Crippen LogP contribution is -2.61. The Balaban J connectivity index is 1.08. The number of anilines is 1. The molecule has 2 unspecified atom stereocenters. The SMILES string of the molecule is O=C1CCC(N2Cc3c(ccc(CN4CCC(N5CCN(c6cccc(Cl)c6Cl)CC5)C(F)(F)C4)c3F)C2=O)C(=O)N1. The molecule has 8 nitrogen and oxygen atoms in total. The van der Waals surface area contributed by atoms with Crippen LogP contribution in [0.15, 0.2) is 30.3 Å². The van der Waals surface area contributed by atoms with Crippen LogP contribution in [0.5, 0.6) is 0 Å². The average molecular weight is 624 g/mol. The number of nitrogens with one attached hydrogen (secondary N) is 1. The number of imide groups is 1. The van der Waals surface area contributed by atoms with E-state index in [0.29, 0.717) is 42.8 Å². The molecule has 3 amide bonds. The van der Waals surface area contributed by atoms with Gasteiger partial charge >= 0.3 is 0 Å². The second-order valence-electron chi connectivity index (χ2n) is 11.3. The molecule has 0 radical (unpaired) electrons. The first-order valence-corrected chi connectivity index (χ1v) is 14.8. The molecule has 4 aliphatic heterocycles. The number of likely N-dealkylation sites (tertiary alicyclic amines) is 1. The van der Waals surface area contributed by atoms with Crippen LogP contribution in [-0.2, 0) is 22.7 Å². The largest absolute Gasteiger partial charge is 0.368 e. The van der Waals surface area contributed by atoms with Crippen molar-refractivity contribution in [2.24, 2.45) is 0 Å². The van der Waals surface area contributed by atoms with Gasteiger partial charge in [0, 0.05) is 62.4 Å². The molecule has 6 rings (SSSR count). The maximum atomic E-state index is 15.6. The number of hydrogen-bond donors (Lipinski definition) is 1. The number of benzene rings is 2. The van der Waals surface area contributed by atoms with E-state index in [9.17, 15) is 14.4 Å². The van der Waals surface area contributed by atoms with Gasteiger partial charge in [0.05, 0.1) is 34.9 Å². The molecule has 4 aliphatic rings. The molecule has 224 valence electrons. The number of carbonyl (C=O) groups excluding carboxylic acids is 3. The Morgan fingerprint density at radius 2 is 1.74 bits per heavy atom. The van der Waals surface area contributed by atoms with Crippen LogP contribution in [-0.4, -0.2) is 89.7 Å². The minimum absolute atomic E-state index is 0.0188. The van der Waals surface area contributed by atoms with Gasteiger partial charge in [0.15, 0.2) is 0 Å². The number of nitrogens with zero attached hydrogens (tertiary/aromatic N) is 4. The number of alkyl halides is 2. The summed E-state index contributed by atoms with van der Waals surface area (Å²) in [6.07, 6.45) is 0.506. The van der Waals surface area contributed by atoms with Crippen molar-refractivity contribution in [3.05, 3.63) is 62.9 Å². The Morgan fingerprint density at radius 1 is 0.976 bits per heavy atom. The van der Waals surface area contributed by atoms with Gasteiger partial charge in [-0.1, -0.05) is 35.3 Å². The van der Waals surface area contributed by atoms with Crippen LogP contribution in [0.4, 0.5) is 18.9 Å². The first kappa shape index (κ1) is 29.2. The molecule has 0 aromatic heterocycles. The van der Waals surface area contributed by atoms with E-state index in [1.54, 1.807) is 11.0 Å². The Morgan fingerprint density at radius 3 is 2.45 bits per heavy atom. The lowest BCUT2D eigenvalue weighted by molar-refractivity contribution is -0.137. The van der Waals surface area contributed by atoms with Crippen LogP contribution in [0.3, 0.4) is 0 Å². The third-order valence-corrected chi connectivity index (χ3v) is 9.60. The molecule has 2 aromatic rings. The van der Waals surface area contributed by atoms with E-state index in [4.69, 9.17) is 23.2 Å². The van der Waals surface area contributed by atoms with Crippen LogP contribution < -0.4 is 10.2 Å². The van der Waals surface area contributed by atoms with Gasteiger partial charge in [0.25, 0.3) is 11.8 Å². The first-order chi connectivity index (χ1) is 20.0. The molecule has 3 saturated heterocycles. The predicted molar refractivity (Wildman–Crippen MR) is 151 cm³/mol. The van der Waals surface area contributed by atoms with Crippen molar-refractivity contribution < 1.29 is 27.6 Å². The minimum Gasteiger partial charge on any atom is -0.368 e. The molecule has 3 fully saturated rings. The Hall–Kier alpha value is -2.86. The summed E-state index contributed by atoms with van der Waals surface area (Å²) in [7, 11) is 0. The summed E-state index contributed by atoms with van der Waals surface area (Å²) in [6.45, 7) is 1.76. The predicted octanol–water partition coefficient (Wildman–Crippen LogP) is 3.93. The second-order valence-corrected chi connectivity index (χ2v) is 12.1. The Labute approximate surface area is 251 Å². The number of halogens is 5. The second kappa shape index (κ2) is 11.3. The molecule has 0 aliphatic carbocycles. The third-order valence-electron chi connectivity index (χ3n) is 8.79. The lowest BCUT2D eigenvalue weighted by Gasteiger charge is -2.46. The van der Waals surface area contributed by atoms with Crippen LogP contribution in [0.1, 0.15) is 40.7 Å². The molecule has 13 heteroatoms. The van der Waals surface area contributed by atoms with Crippen molar-refractivity contribution in [3.63, 3.8) is 0 Å². The highest BCUT2D eigenvalue weighted by Gasteiger charge is 2.48. The summed E-state index contributed by atoms with van der Waals surface area (Å²) in [5.74, 6) is -5.07. The summed E-state index contributed by atoms with van der Waals surface area (Å²) in [6, 6.07) is 6.58. The van der Waals surface area contributed by atoms with Crippen molar-refractivity contribution in [1.29, 1.82) is 0 Å². The maximum absolute atomic E-state index is 15.6. The zero-order chi connectivity index (χ0) is 29.8. The highest BCUT2D eigenvalue weighted by Crippen LogP contribution is 2.37. The van der Waals surface area contributed by atoms with Gasteiger partial charge < -0.3 is 9.80 Å². The van der Waals surface area contributed by atoms with Crippen molar-refractivity contribution in [1.82, 2.24) is 20.0 Å². The van der Waals surface area contributed by atoms with E-state index < -0.39 is 48.1 Å². The van der Waals surface area contributed by atoms with Crippen LogP contribution in [0, 0.1) is 5.82 Å². The number of amides is 3. The third kappa shape index (κ3) is 5.36. The Kier molecular flexibility index (Phi) is 7.88. The summed E-state index contributed by atoms with van der Waals surface area (Å²) in [5.41, 5.74) is 1.33. The lowest BCUT2D eigenvalue weighted by atomic mass is 9.97. The zero-order valence-corrected chi connectivity index (χ0v) is 24.2. The fourth-order valence-electron chi connectivity index (χ4n) is 6.61. The van der Waals surface area contributed by atoms with Crippen LogP contribution >= 0.6 is 23.2 Å². The smallest absolute Gasteiger partial charge is 0.275 e. The van der Waals surface area contributed by atoms with Crippen molar-refractivity contribution in [2.75, 3.05) is 44.2 Å². The standard InChI is InChI=1S/C29H30Cl2F3N5O3/c30-20-2-1-3-21(25(20)31)37-10-12-38(13-11-37)23-8-9-36(16-29(23,33)34)14-17-4-5-18-19(26(17)32)15-39(28(18)42)22-6-7-24(40)35-27(22)41/h1-5,22-23H,6-16H2,(H,35,40,41). The molecule has 2 atom stereocenters. The van der Waals surface area contributed by atoms with Gasteiger partial charge in [0.2, 0.25) is 11.8 Å². The van der Waals surface area contributed by atoms with E-state index in [-0.39, 0.29) is 49.0 Å². The molecule has 0 bridgehead atoms. The number of piperazine rings is 1. The van der Waals surface area contributed by atoms with Gasteiger partial charge in [-0.05, 0) is 31.0 Å². The summed E-state index contributed by atoms with van der Waals surface area (Å²) >= 11 is 12.5. The van der Waals surface area contributed by atoms with E-state index in [2.05, 4.69) is 10.2 Å². The van der Waals surface area contributed by atoms with Crippen molar-refractivity contribution >= 4 is 46.6 Å². The normalized spacial score (nSPS) is 25.1. The fraction of sp³-hybridized carbons (Fsp3) is 0.483. The van der Waals surface area contributed by atoms with Crippen molar-refractivity contribution in [3.8, 4) is 0 Å². The van der Waals surface area contributed by atoms with E-state index in [1.807, 2.05) is 17.0 Å². The zero-order valence-electron chi connectivity index (χ0n) is 22.7. The van der Waals surface area contributed by atoms with E-state index in [1.165, 1.54) is 17.0 Å². The monoisotopic (exact) mass is 623 g/mol. The average Bonchev–Trinajstić information content (AvgIpc) is 3.28. The Bertz CT molecular complexity index is 1440. The highest BCUT2D eigenvalue weighted by molar-refractivity contribution is 6.43. The molecule has 42 heavy (non-hydrogen) atoms. The first-order valence-electron chi connectivity index (χ1n) is 14.0. The molecule has 4 heterocycles. The van der Waals surface area contributed by atoms with Crippen molar-refractivity contribution in [2.45, 2.75) is 50.4 Å². The van der Waals surface area contributed by atoms with Gasteiger partial charge in [0.1, 0.15) is 11.9 Å². The van der Waals surface area contributed by atoms with Crippen LogP contribution in [0.25, 0.3) is 0 Å². The minimum atomic E-state index is -3.00. The van der Waals surface area contributed by atoms with Gasteiger partial charge in [-0.25, -0.2) is 13.2 Å². The van der Waals surface area contributed by atoms with Gasteiger partial charge in [-0.2, -0.15) is 0 Å². The number of fused-ring (bicyclic) bond motifs is 1. The fourth-order valence-corrected chi connectivity index (χ4v) is 7.03. The summed E-state index contributed by atoms with van der Waals surface area (Å²) < 4.78 is 46.6. The number of piperidine rings is 2. The van der Waals surface area contributed by atoms with Gasteiger partial charge in [-0.3, -0.25) is 29.5 Å². The molecule has 0 saturated carbocycles. The number of carbonyl (C=O) groups is 3. The molecule has 1 N–H and O–H groups in total. The molecule has 0 spiro atoms. The van der Waals surface area contributed by atoms with E-state index in [0.717, 1.165) is 5.69 Å². The maximum Gasteiger partial charge on any atom is 0.275 e. The van der Waals surface area contributed by atoms with Gasteiger partial charge in [-0.15, -0.1) is 0 Å². The number of rotatable bonds is 5. The van der Waals surface area contributed by atoms with E-state index >= 15 is 13.2 Å².